The van der Waals surface area contributed by atoms with Crippen LogP contribution in [-0.2, 0) is 24.1 Å². The number of benzene rings is 3. The van der Waals surface area contributed by atoms with E-state index in [1.165, 1.54) is 24.0 Å². The second kappa shape index (κ2) is 13.2. The molecule has 3 atom stereocenters. The zero-order valence-electron chi connectivity index (χ0n) is 24.4. The Kier molecular flexibility index (Phi) is 9.01. The third-order valence-electron chi connectivity index (χ3n) is 9.46. The zero-order valence-corrected chi connectivity index (χ0v) is 24.4. The van der Waals surface area contributed by atoms with Gasteiger partial charge in [-0.25, -0.2) is 0 Å². The summed E-state index contributed by atoms with van der Waals surface area (Å²) >= 11 is 0. The van der Waals surface area contributed by atoms with Crippen LogP contribution in [0.1, 0.15) is 83.5 Å². The summed E-state index contributed by atoms with van der Waals surface area (Å²) in [4.78, 5) is 28.3. The first-order valence-corrected chi connectivity index (χ1v) is 15.8. The number of hydrogen-bond donors (Lipinski definition) is 3. The number of fused-ring (bicyclic) bond motifs is 1. The van der Waals surface area contributed by atoms with Crippen molar-refractivity contribution in [3.63, 3.8) is 0 Å². The maximum atomic E-state index is 13.9. The number of anilines is 1. The van der Waals surface area contributed by atoms with Gasteiger partial charge in [-0.1, -0.05) is 67.4 Å². The molecule has 0 spiro atoms. The molecule has 6 nitrogen and oxygen atoms in total. The molecule has 220 valence electrons. The van der Waals surface area contributed by atoms with Crippen molar-refractivity contribution in [1.82, 2.24) is 10.6 Å². The minimum Gasteiger partial charge on any atom is -0.390 e. The van der Waals surface area contributed by atoms with Crippen molar-refractivity contribution in [2.45, 2.75) is 88.3 Å². The van der Waals surface area contributed by atoms with Crippen LogP contribution < -0.4 is 15.5 Å². The Labute approximate surface area is 249 Å². The number of aryl methyl sites for hydroxylation is 1. The van der Waals surface area contributed by atoms with Crippen LogP contribution in [0.2, 0.25) is 0 Å². The highest BCUT2D eigenvalue weighted by atomic mass is 16.3. The van der Waals surface area contributed by atoms with Crippen LogP contribution in [0.15, 0.2) is 72.8 Å². The van der Waals surface area contributed by atoms with E-state index in [1.54, 1.807) is 0 Å². The van der Waals surface area contributed by atoms with E-state index in [0.717, 1.165) is 55.3 Å². The molecule has 1 aliphatic heterocycles. The number of hydrogen-bond acceptors (Lipinski definition) is 4. The topological polar surface area (TPSA) is 81.7 Å². The maximum absolute atomic E-state index is 13.9. The molecule has 2 aliphatic carbocycles. The summed E-state index contributed by atoms with van der Waals surface area (Å²) in [7, 11) is 0. The average molecular weight is 566 g/mol. The van der Waals surface area contributed by atoms with E-state index >= 15 is 0 Å². The van der Waals surface area contributed by atoms with Gasteiger partial charge in [-0.15, -0.1) is 0 Å². The molecule has 0 bridgehead atoms. The molecule has 1 saturated heterocycles. The first-order chi connectivity index (χ1) is 20.5. The zero-order chi connectivity index (χ0) is 28.9. The molecule has 6 rings (SSSR count). The number of nitrogens with one attached hydrogen (secondary N) is 2. The third-order valence-corrected chi connectivity index (χ3v) is 9.46. The highest BCUT2D eigenvalue weighted by Crippen LogP contribution is 2.37. The van der Waals surface area contributed by atoms with Crippen LogP contribution in [0, 0.1) is 0 Å². The molecule has 2 amide bonds. The quantitative estimate of drug-likeness (QED) is 0.311. The van der Waals surface area contributed by atoms with Crippen molar-refractivity contribution in [3.8, 4) is 0 Å². The van der Waals surface area contributed by atoms with E-state index < -0.39 is 12.1 Å². The fraction of sp³-hybridized carbons (Fsp3) is 0.444. The van der Waals surface area contributed by atoms with Crippen molar-refractivity contribution < 1.29 is 14.7 Å². The second-order valence-corrected chi connectivity index (χ2v) is 12.4. The van der Waals surface area contributed by atoms with Gasteiger partial charge in [-0.05, 0) is 91.3 Å². The highest BCUT2D eigenvalue weighted by molar-refractivity contribution is 5.99. The normalized spacial score (nSPS) is 20.4. The highest BCUT2D eigenvalue weighted by Gasteiger charge is 2.28. The molecule has 3 aromatic rings. The Balaban J connectivity index is 1.19. The van der Waals surface area contributed by atoms with Crippen LogP contribution in [-0.4, -0.2) is 48.2 Å². The van der Waals surface area contributed by atoms with Crippen molar-refractivity contribution in [3.05, 3.63) is 101 Å². The minimum atomic E-state index is -0.760. The Hall–Kier alpha value is -3.48. The summed E-state index contributed by atoms with van der Waals surface area (Å²) in [6.07, 6.45) is 8.82. The fourth-order valence-corrected chi connectivity index (χ4v) is 7.04. The van der Waals surface area contributed by atoms with Crippen molar-refractivity contribution in [1.29, 1.82) is 0 Å². The molecular formula is C36H43N3O3. The lowest BCUT2D eigenvalue weighted by Crippen LogP contribution is -2.50. The molecule has 6 heteroatoms. The number of carbonyl (C=O) groups excluding carboxylic acids is 2. The van der Waals surface area contributed by atoms with Crippen LogP contribution >= 0.6 is 0 Å². The number of aliphatic hydroxyl groups excluding tert-OH is 1. The predicted octanol–water partition coefficient (Wildman–Crippen LogP) is 5.32. The Morgan fingerprint density at radius 2 is 1.67 bits per heavy atom. The van der Waals surface area contributed by atoms with Gasteiger partial charge in [0.2, 0.25) is 5.91 Å². The standard InChI is InChI=1S/C36H43N3O3/c40-34(24-37-31-17-16-27-13-6-7-14-28(27)21-31)33(19-25-9-2-1-3-10-25)38-36(42)30-20-29(26-11-4-5-12-26)22-32(23-30)39-18-8-15-35(39)41/h1-3,6-7,9-10,13-14,20,22-23,26,31,33-34,37,40H,4-5,8,11-12,15-19,21,24H2,(H,38,42). The summed E-state index contributed by atoms with van der Waals surface area (Å²) in [5.41, 5.74) is 6.40. The third kappa shape index (κ3) is 6.77. The van der Waals surface area contributed by atoms with Crippen LogP contribution in [0.5, 0.6) is 0 Å². The summed E-state index contributed by atoms with van der Waals surface area (Å²) in [5, 5.41) is 18.2. The molecule has 3 unspecified atom stereocenters. The van der Waals surface area contributed by atoms with E-state index in [4.69, 9.17) is 0 Å². The van der Waals surface area contributed by atoms with Crippen molar-refractivity contribution >= 4 is 17.5 Å². The van der Waals surface area contributed by atoms with Crippen LogP contribution in [0.4, 0.5) is 5.69 Å². The largest absolute Gasteiger partial charge is 0.390 e. The fourth-order valence-electron chi connectivity index (χ4n) is 7.04. The Bertz CT molecular complexity index is 1380. The summed E-state index contributed by atoms with van der Waals surface area (Å²) in [6.45, 7) is 1.10. The molecule has 2 fully saturated rings. The van der Waals surface area contributed by atoms with Gasteiger partial charge < -0.3 is 20.6 Å². The van der Waals surface area contributed by atoms with E-state index in [2.05, 4.69) is 41.0 Å². The van der Waals surface area contributed by atoms with Gasteiger partial charge in [-0.3, -0.25) is 9.59 Å². The van der Waals surface area contributed by atoms with Crippen molar-refractivity contribution in [2.24, 2.45) is 0 Å². The smallest absolute Gasteiger partial charge is 0.251 e. The molecule has 3 aliphatic rings. The van der Waals surface area contributed by atoms with Crippen LogP contribution in [0.3, 0.4) is 0 Å². The lowest BCUT2D eigenvalue weighted by Gasteiger charge is -2.29. The lowest BCUT2D eigenvalue weighted by atomic mass is 9.88. The maximum Gasteiger partial charge on any atom is 0.251 e. The number of aliphatic hydroxyl groups is 1. The van der Waals surface area contributed by atoms with Gasteiger partial charge in [0.05, 0.1) is 12.1 Å². The van der Waals surface area contributed by atoms with Gasteiger partial charge in [0, 0.05) is 36.8 Å². The average Bonchev–Trinajstić information content (AvgIpc) is 3.72. The number of carbonyl (C=O) groups is 2. The predicted molar refractivity (Wildman–Crippen MR) is 167 cm³/mol. The van der Waals surface area contributed by atoms with Gasteiger partial charge in [-0.2, -0.15) is 0 Å². The Morgan fingerprint density at radius 3 is 2.43 bits per heavy atom. The van der Waals surface area contributed by atoms with E-state index in [1.807, 2.05) is 47.4 Å². The second-order valence-electron chi connectivity index (χ2n) is 12.4. The molecular weight excluding hydrogens is 522 g/mol. The summed E-state index contributed by atoms with van der Waals surface area (Å²) in [6, 6.07) is 24.5. The number of amides is 2. The molecule has 1 saturated carbocycles. The summed E-state index contributed by atoms with van der Waals surface area (Å²) in [5.74, 6) is 0.345. The first-order valence-electron chi connectivity index (χ1n) is 15.8. The van der Waals surface area contributed by atoms with E-state index in [9.17, 15) is 14.7 Å². The molecule has 0 aromatic heterocycles. The summed E-state index contributed by atoms with van der Waals surface area (Å²) < 4.78 is 0. The lowest BCUT2D eigenvalue weighted by molar-refractivity contribution is -0.117. The molecule has 1 heterocycles. The van der Waals surface area contributed by atoms with E-state index in [-0.39, 0.29) is 11.8 Å². The van der Waals surface area contributed by atoms with Crippen molar-refractivity contribution in [2.75, 3.05) is 18.0 Å². The number of rotatable bonds is 10. The Morgan fingerprint density at radius 1 is 0.905 bits per heavy atom. The van der Waals surface area contributed by atoms with Gasteiger partial charge >= 0.3 is 0 Å². The SMILES string of the molecule is O=C(NC(Cc1ccccc1)C(O)CNC1CCc2ccccc2C1)c1cc(C2CCCC2)cc(N2CCCC2=O)c1. The van der Waals surface area contributed by atoms with Crippen LogP contribution in [0.25, 0.3) is 0 Å². The minimum absolute atomic E-state index is 0.124. The number of nitrogens with zero attached hydrogens (tertiary/aromatic N) is 1. The molecule has 0 radical (unpaired) electrons. The molecule has 42 heavy (non-hydrogen) atoms. The van der Waals surface area contributed by atoms with Gasteiger partial charge in [0.15, 0.2) is 0 Å². The monoisotopic (exact) mass is 565 g/mol. The van der Waals surface area contributed by atoms with Gasteiger partial charge in [0.25, 0.3) is 5.91 Å². The van der Waals surface area contributed by atoms with E-state index in [0.29, 0.717) is 43.5 Å². The first kappa shape index (κ1) is 28.6. The molecule has 3 N–H and O–H groups in total. The molecule has 3 aromatic carbocycles. The van der Waals surface area contributed by atoms with Gasteiger partial charge in [0.1, 0.15) is 0 Å².